The molecule has 12 heteroatoms. The Labute approximate surface area is 386 Å². The average molecular weight is 920 g/mol. The van der Waals surface area contributed by atoms with Crippen molar-refractivity contribution in [2.45, 2.75) is 126 Å². The van der Waals surface area contributed by atoms with Gasteiger partial charge in [-0.25, -0.2) is 12.4 Å². The first-order chi connectivity index (χ1) is 31.5. The number of aromatic nitrogens is 1. The fraction of sp³-hybridized carbons (Fsp3) is 0.396. The first kappa shape index (κ1) is 48.5. The fourth-order valence-electron chi connectivity index (χ4n) is 8.40. The van der Waals surface area contributed by atoms with Crippen molar-refractivity contribution >= 4 is 29.2 Å². The molecule has 1 aliphatic carbocycles. The number of aliphatic hydroxyl groups excluding tert-OH is 1. The quantitative estimate of drug-likeness (QED) is 0.0468. The largest absolute Gasteiger partial charge is 0.418 e. The van der Waals surface area contributed by atoms with E-state index in [9.17, 15) is 13.5 Å². The Bertz CT molecular complexity index is 2430. The van der Waals surface area contributed by atoms with Crippen LogP contribution in [0.5, 0.6) is 0 Å². The van der Waals surface area contributed by atoms with Crippen molar-refractivity contribution in [2.75, 3.05) is 13.2 Å². The topological polar surface area (TPSA) is 115 Å². The lowest BCUT2D eigenvalue weighted by Gasteiger charge is -2.49. The van der Waals surface area contributed by atoms with E-state index in [0.717, 1.165) is 55.4 Å². The lowest BCUT2D eigenvalue weighted by molar-refractivity contribution is -0.285. The van der Waals surface area contributed by atoms with Gasteiger partial charge in [0.15, 0.2) is 8.32 Å². The van der Waals surface area contributed by atoms with E-state index in [2.05, 4.69) is 19.6 Å². The number of fused-ring (bicyclic) bond motifs is 1. The van der Waals surface area contributed by atoms with Gasteiger partial charge in [-0.3, -0.25) is 0 Å². The van der Waals surface area contributed by atoms with Crippen LogP contribution >= 0.6 is 0 Å². The molecule has 0 saturated heterocycles. The van der Waals surface area contributed by atoms with Crippen molar-refractivity contribution < 1.29 is 41.6 Å². The van der Waals surface area contributed by atoms with Gasteiger partial charge in [0.1, 0.15) is 36.6 Å². The van der Waals surface area contributed by atoms with Gasteiger partial charge in [0.2, 0.25) is 0 Å². The third-order valence-corrected chi connectivity index (χ3v) is 14.5. The van der Waals surface area contributed by atoms with Gasteiger partial charge in [0.05, 0.1) is 36.3 Å². The van der Waals surface area contributed by atoms with E-state index in [0.29, 0.717) is 23.1 Å². The number of ether oxygens (including phenoxy) is 5. The summed E-state index contributed by atoms with van der Waals surface area (Å²) in [6.07, 6.45) is 0.381. The minimum Gasteiger partial charge on any atom is -0.418 e. The van der Waals surface area contributed by atoms with Crippen molar-refractivity contribution in [3.63, 3.8) is 0 Å². The second-order valence-electron chi connectivity index (χ2n) is 17.8. The second-order valence-corrected chi connectivity index (χ2v) is 24.1. The molecule has 10 nitrogen and oxygen atoms in total. The standard InChI is InChI=1S/C53H65NO9SSi/c1-40(46-36-54(47-33-21-20-32-45(46)47)64(56,57)44-30-18-11-19-31-44)63-50-48(55)49(58-34-22-6-5-7-23-35-62-65(2,3)4)51(59-37-41-24-12-8-13-25-41)53(61-39-43-28-16-10-17-29-43)52(50)60-38-42-26-14-9-15-27-42/h8-21,24-33,36,40,48-53,55H,5-7,22-23,34-35,37-39H2,1-4H3. The highest BCUT2D eigenvalue weighted by Gasteiger charge is 2.54. The minimum absolute atomic E-state index is 0.175. The van der Waals surface area contributed by atoms with Crippen LogP contribution in [0.15, 0.2) is 157 Å². The monoisotopic (exact) mass is 919 g/mol. The molecule has 1 aliphatic rings. The molecule has 7 unspecified atom stereocenters. The number of para-hydroxylation sites is 1. The van der Waals surface area contributed by atoms with Crippen LogP contribution in [-0.4, -0.2) is 75.7 Å². The molecule has 1 saturated carbocycles. The van der Waals surface area contributed by atoms with Gasteiger partial charge in [-0.15, -0.1) is 0 Å². The highest BCUT2D eigenvalue weighted by molar-refractivity contribution is 7.90. The number of unbranched alkanes of at least 4 members (excludes halogenated alkanes) is 4. The molecule has 1 aromatic heterocycles. The molecular weight excluding hydrogens is 855 g/mol. The summed E-state index contributed by atoms with van der Waals surface area (Å²) in [5.41, 5.74) is 4.04. The fourth-order valence-corrected chi connectivity index (χ4v) is 10.6. The molecule has 0 bridgehead atoms. The molecule has 7 rings (SSSR count). The van der Waals surface area contributed by atoms with Crippen LogP contribution in [0.4, 0.5) is 0 Å². The number of benzene rings is 5. The molecule has 0 radical (unpaired) electrons. The molecule has 65 heavy (non-hydrogen) atoms. The Morgan fingerprint density at radius 1 is 0.554 bits per heavy atom. The van der Waals surface area contributed by atoms with Crippen molar-refractivity contribution in [2.24, 2.45) is 0 Å². The Balaban J connectivity index is 1.22. The predicted octanol–water partition coefficient (Wildman–Crippen LogP) is 10.6. The van der Waals surface area contributed by atoms with Crippen LogP contribution in [-0.2, 0) is 58.0 Å². The Morgan fingerprint density at radius 2 is 1.00 bits per heavy atom. The van der Waals surface area contributed by atoms with E-state index in [4.69, 9.17) is 28.1 Å². The first-order valence-electron chi connectivity index (χ1n) is 23.0. The average Bonchev–Trinajstić information content (AvgIpc) is 3.72. The maximum atomic E-state index is 14.1. The molecule has 0 spiro atoms. The van der Waals surface area contributed by atoms with Crippen molar-refractivity contribution in [1.82, 2.24) is 3.97 Å². The molecule has 5 aromatic carbocycles. The number of aliphatic hydroxyl groups is 1. The minimum atomic E-state index is -3.96. The van der Waals surface area contributed by atoms with Crippen LogP contribution in [0.3, 0.4) is 0 Å². The third kappa shape index (κ3) is 13.1. The Kier molecular flexibility index (Phi) is 17.4. The van der Waals surface area contributed by atoms with Gasteiger partial charge in [-0.05, 0) is 74.3 Å². The van der Waals surface area contributed by atoms with Crippen molar-refractivity contribution in [3.8, 4) is 0 Å². The number of hydrogen-bond donors (Lipinski definition) is 1. The lowest BCUT2D eigenvalue weighted by Crippen LogP contribution is -2.67. The highest BCUT2D eigenvalue weighted by atomic mass is 32.2. The number of rotatable bonds is 24. The molecule has 1 N–H and O–H groups in total. The van der Waals surface area contributed by atoms with E-state index in [1.807, 2.05) is 116 Å². The Hall–Kier alpha value is -4.47. The van der Waals surface area contributed by atoms with Crippen molar-refractivity contribution in [3.05, 3.63) is 174 Å². The van der Waals surface area contributed by atoms with E-state index in [-0.39, 0.29) is 24.7 Å². The van der Waals surface area contributed by atoms with Crippen LogP contribution in [0, 0.1) is 0 Å². The molecule has 0 aliphatic heterocycles. The van der Waals surface area contributed by atoms with Crippen LogP contribution in [0.2, 0.25) is 19.6 Å². The van der Waals surface area contributed by atoms with E-state index in [1.165, 1.54) is 3.97 Å². The van der Waals surface area contributed by atoms with Gasteiger partial charge in [-0.2, -0.15) is 0 Å². The zero-order valence-corrected chi connectivity index (χ0v) is 39.9. The summed E-state index contributed by atoms with van der Waals surface area (Å²) in [4.78, 5) is 0.175. The predicted molar refractivity (Wildman–Crippen MR) is 257 cm³/mol. The summed E-state index contributed by atoms with van der Waals surface area (Å²) < 4.78 is 70.1. The van der Waals surface area contributed by atoms with Gasteiger partial charge >= 0.3 is 0 Å². The first-order valence-corrected chi connectivity index (χ1v) is 27.8. The van der Waals surface area contributed by atoms with Gasteiger partial charge in [0.25, 0.3) is 10.0 Å². The molecule has 346 valence electrons. The molecule has 7 atom stereocenters. The summed E-state index contributed by atoms with van der Waals surface area (Å²) in [5, 5.41) is 13.5. The molecule has 6 aromatic rings. The molecular formula is C53H65NO9SSi. The number of hydrogen-bond acceptors (Lipinski definition) is 9. The van der Waals surface area contributed by atoms with E-state index >= 15 is 0 Å². The van der Waals surface area contributed by atoms with Crippen molar-refractivity contribution in [1.29, 1.82) is 0 Å². The molecule has 0 amide bonds. The zero-order valence-electron chi connectivity index (χ0n) is 38.1. The van der Waals surface area contributed by atoms with E-state index in [1.54, 1.807) is 42.6 Å². The SMILES string of the molecule is CC(OC1C(O)C(OCCCCCCCO[Si](C)(C)C)C(OCc2ccccc2)C(OCc2ccccc2)C1OCc1ccccc1)c1cn(S(=O)(=O)c2ccccc2)c2ccccc12. The third-order valence-electron chi connectivity index (χ3n) is 11.8. The lowest BCUT2D eigenvalue weighted by atomic mass is 9.83. The molecule has 1 heterocycles. The summed E-state index contributed by atoms with van der Waals surface area (Å²) >= 11 is 0. The zero-order chi connectivity index (χ0) is 45.7. The van der Waals surface area contributed by atoms with Crippen LogP contribution in [0.1, 0.15) is 67.4 Å². The second kappa shape index (κ2) is 23.3. The summed E-state index contributed by atoms with van der Waals surface area (Å²) in [6, 6.07) is 45.5. The van der Waals surface area contributed by atoms with Crippen LogP contribution in [0.25, 0.3) is 10.9 Å². The summed E-state index contributed by atoms with van der Waals surface area (Å²) in [6.45, 7) is 10.4. The summed E-state index contributed by atoms with van der Waals surface area (Å²) in [7, 11) is -5.50. The summed E-state index contributed by atoms with van der Waals surface area (Å²) in [5.74, 6) is 0. The maximum Gasteiger partial charge on any atom is 0.268 e. The van der Waals surface area contributed by atoms with Gasteiger partial charge < -0.3 is 33.2 Å². The Morgan fingerprint density at radius 3 is 1.54 bits per heavy atom. The maximum absolute atomic E-state index is 14.1. The molecule has 1 fully saturated rings. The van der Waals surface area contributed by atoms with Gasteiger partial charge in [-0.1, -0.05) is 147 Å². The van der Waals surface area contributed by atoms with Crippen LogP contribution < -0.4 is 0 Å². The van der Waals surface area contributed by atoms with E-state index < -0.39 is 61.1 Å². The highest BCUT2D eigenvalue weighted by Crippen LogP contribution is 2.38. The number of nitrogens with zero attached hydrogens (tertiary/aromatic N) is 1. The van der Waals surface area contributed by atoms with Gasteiger partial charge in [0, 0.05) is 30.4 Å². The smallest absolute Gasteiger partial charge is 0.268 e. The normalized spacial score (nSPS) is 20.8.